The minimum Gasteiger partial charge on any atom is -0.392 e. The average Bonchev–Trinajstić information content (AvgIpc) is 3.17. The zero-order valence-corrected chi connectivity index (χ0v) is 17.9. The molecule has 1 N–H and O–H groups in total. The minimum atomic E-state index is -0.504. The van der Waals surface area contributed by atoms with Crippen LogP contribution in [0.5, 0.6) is 0 Å². The van der Waals surface area contributed by atoms with Crippen molar-refractivity contribution in [2.75, 3.05) is 20.1 Å². The van der Waals surface area contributed by atoms with E-state index in [1.165, 1.54) is 11.1 Å². The molecule has 0 bridgehead atoms. The predicted octanol–water partition coefficient (Wildman–Crippen LogP) is 4.39. The standard InChI is InChI=1S/C21H30ClN3O2/c1-7-25(6)9-8-21(5)12-16(14-10-13(2)17(22)11-15(14)21)20(3,4)18-23-24-19(26)27-18/h10-11,16H,7-9,12H2,1-6H3,(H,24,26)/t16-,21?/m0/s1. The highest BCUT2D eigenvalue weighted by Crippen LogP contribution is 2.55. The number of rotatable bonds is 6. The second-order valence-corrected chi connectivity index (χ2v) is 9.20. The molecule has 148 valence electrons. The summed E-state index contributed by atoms with van der Waals surface area (Å²) in [5.74, 6) is 0.161. The maximum Gasteiger partial charge on any atom is 0.434 e. The second kappa shape index (κ2) is 7.10. The van der Waals surface area contributed by atoms with Gasteiger partial charge in [0.1, 0.15) is 0 Å². The topological polar surface area (TPSA) is 62.1 Å². The summed E-state index contributed by atoms with van der Waals surface area (Å²) in [6.07, 6.45) is 2.03. The van der Waals surface area contributed by atoms with E-state index in [0.717, 1.165) is 36.5 Å². The van der Waals surface area contributed by atoms with Gasteiger partial charge in [-0.1, -0.05) is 45.4 Å². The normalized spacial score (nSPS) is 22.4. The van der Waals surface area contributed by atoms with Gasteiger partial charge in [-0.05, 0) is 74.0 Å². The Morgan fingerprint density at radius 2 is 2.15 bits per heavy atom. The maximum atomic E-state index is 11.5. The number of benzene rings is 1. The first-order chi connectivity index (χ1) is 12.6. The molecule has 0 amide bonds. The van der Waals surface area contributed by atoms with Gasteiger partial charge in [0.25, 0.3) is 0 Å². The van der Waals surface area contributed by atoms with E-state index in [1.54, 1.807) is 0 Å². The highest BCUT2D eigenvalue weighted by atomic mass is 35.5. The third-order valence-electron chi connectivity index (χ3n) is 6.46. The number of nitrogens with one attached hydrogen (secondary N) is 1. The van der Waals surface area contributed by atoms with Gasteiger partial charge in [0.15, 0.2) is 0 Å². The Morgan fingerprint density at radius 1 is 1.44 bits per heavy atom. The van der Waals surface area contributed by atoms with E-state index < -0.39 is 11.2 Å². The summed E-state index contributed by atoms with van der Waals surface area (Å²) in [7, 11) is 2.15. The zero-order chi connectivity index (χ0) is 20.0. The number of fused-ring (bicyclic) bond motifs is 1. The summed E-state index contributed by atoms with van der Waals surface area (Å²) in [5.41, 5.74) is 3.32. The van der Waals surface area contributed by atoms with Gasteiger partial charge < -0.3 is 9.32 Å². The SMILES string of the molecule is CCN(C)CCC1(C)C[C@H](C(C)(C)c2n[nH]c(=O)o2)c2cc(C)c(Cl)cc21. The Bertz CT molecular complexity index is 886. The number of aromatic nitrogens is 2. The summed E-state index contributed by atoms with van der Waals surface area (Å²) in [6.45, 7) is 12.8. The number of aryl methyl sites for hydroxylation is 1. The lowest BCUT2D eigenvalue weighted by Crippen LogP contribution is -2.30. The van der Waals surface area contributed by atoms with E-state index in [0.29, 0.717) is 5.89 Å². The summed E-state index contributed by atoms with van der Waals surface area (Å²) in [6, 6.07) is 4.36. The monoisotopic (exact) mass is 391 g/mol. The number of nitrogens with zero attached hydrogens (tertiary/aromatic N) is 2. The van der Waals surface area contributed by atoms with Crippen molar-refractivity contribution < 1.29 is 4.42 Å². The van der Waals surface area contributed by atoms with Crippen LogP contribution in [0, 0.1) is 6.92 Å². The molecular formula is C21H30ClN3O2. The van der Waals surface area contributed by atoms with Crippen LogP contribution in [0.25, 0.3) is 0 Å². The van der Waals surface area contributed by atoms with Gasteiger partial charge in [0.2, 0.25) is 5.89 Å². The van der Waals surface area contributed by atoms with Crippen molar-refractivity contribution in [3.63, 3.8) is 0 Å². The molecule has 2 aromatic rings. The van der Waals surface area contributed by atoms with E-state index in [2.05, 4.69) is 62.0 Å². The molecule has 2 atom stereocenters. The number of hydrogen-bond donors (Lipinski definition) is 1. The molecule has 0 aliphatic heterocycles. The van der Waals surface area contributed by atoms with Crippen LogP contribution in [0.2, 0.25) is 5.02 Å². The highest BCUT2D eigenvalue weighted by Gasteiger charge is 2.48. The van der Waals surface area contributed by atoms with Crippen molar-refractivity contribution in [1.29, 1.82) is 0 Å². The van der Waals surface area contributed by atoms with Gasteiger partial charge in [-0.15, -0.1) is 5.10 Å². The lowest BCUT2D eigenvalue weighted by molar-refractivity contribution is 0.254. The maximum absolute atomic E-state index is 11.5. The molecule has 1 aromatic carbocycles. The Balaban J connectivity index is 2.05. The van der Waals surface area contributed by atoms with Gasteiger partial charge >= 0.3 is 5.76 Å². The summed E-state index contributed by atoms with van der Waals surface area (Å²) >= 11 is 6.50. The Kier molecular flexibility index (Phi) is 5.30. The largest absolute Gasteiger partial charge is 0.434 e. The fourth-order valence-electron chi connectivity index (χ4n) is 4.32. The fraction of sp³-hybridized carbons (Fsp3) is 0.619. The second-order valence-electron chi connectivity index (χ2n) is 8.79. The molecule has 1 aromatic heterocycles. The van der Waals surface area contributed by atoms with Crippen molar-refractivity contribution in [2.45, 2.75) is 64.2 Å². The van der Waals surface area contributed by atoms with Crippen molar-refractivity contribution >= 4 is 11.6 Å². The first kappa shape index (κ1) is 20.2. The van der Waals surface area contributed by atoms with E-state index in [9.17, 15) is 4.79 Å². The first-order valence-corrected chi connectivity index (χ1v) is 10.0. The molecule has 3 rings (SSSR count). The van der Waals surface area contributed by atoms with Crippen LogP contribution in [-0.4, -0.2) is 35.2 Å². The van der Waals surface area contributed by atoms with Crippen molar-refractivity contribution in [3.05, 3.63) is 50.3 Å². The minimum absolute atomic E-state index is 0.0225. The molecule has 0 fully saturated rings. The lowest BCUT2D eigenvalue weighted by atomic mass is 9.73. The van der Waals surface area contributed by atoms with E-state index in [4.69, 9.17) is 16.0 Å². The van der Waals surface area contributed by atoms with Crippen molar-refractivity contribution in [3.8, 4) is 0 Å². The van der Waals surface area contributed by atoms with Gasteiger partial charge in [-0.2, -0.15) is 0 Å². The van der Waals surface area contributed by atoms with Crippen LogP contribution in [-0.2, 0) is 10.8 Å². The molecule has 0 saturated heterocycles. The Hall–Kier alpha value is -1.59. The van der Waals surface area contributed by atoms with Crippen LogP contribution in [0.3, 0.4) is 0 Å². The van der Waals surface area contributed by atoms with Gasteiger partial charge in [-0.25, -0.2) is 9.89 Å². The molecular weight excluding hydrogens is 362 g/mol. The van der Waals surface area contributed by atoms with E-state index in [1.807, 2.05) is 6.92 Å². The fourth-order valence-corrected chi connectivity index (χ4v) is 4.48. The molecule has 1 heterocycles. The molecule has 0 saturated carbocycles. The zero-order valence-electron chi connectivity index (χ0n) is 17.1. The molecule has 1 unspecified atom stereocenters. The molecule has 5 nitrogen and oxygen atoms in total. The Labute approximate surface area is 166 Å². The van der Waals surface area contributed by atoms with Crippen molar-refractivity contribution in [1.82, 2.24) is 15.1 Å². The summed E-state index contributed by atoms with van der Waals surface area (Å²) < 4.78 is 5.36. The van der Waals surface area contributed by atoms with Crippen LogP contribution in [0.15, 0.2) is 21.3 Å². The third-order valence-corrected chi connectivity index (χ3v) is 6.86. The highest BCUT2D eigenvalue weighted by molar-refractivity contribution is 6.31. The molecule has 27 heavy (non-hydrogen) atoms. The molecule has 1 aliphatic carbocycles. The number of hydrogen-bond acceptors (Lipinski definition) is 4. The molecule has 0 radical (unpaired) electrons. The number of halogens is 1. The lowest BCUT2D eigenvalue weighted by Gasteiger charge is -2.32. The van der Waals surface area contributed by atoms with E-state index in [-0.39, 0.29) is 11.3 Å². The van der Waals surface area contributed by atoms with E-state index >= 15 is 0 Å². The third kappa shape index (κ3) is 3.59. The Morgan fingerprint density at radius 3 is 2.74 bits per heavy atom. The summed E-state index contributed by atoms with van der Waals surface area (Å²) in [5, 5.41) is 7.37. The quantitative estimate of drug-likeness (QED) is 0.793. The van der Waals surface area contributed by atoms with Crippen LogP contribution in [0.4, 0.5) is 0 Å². The van der Waals surface area contributed by atoms with Gasteiger partial charge in [-0.3, -0.25) is 0 Å². The summed E-state index contributed by atoms with van der Waals surface area (Å²) in [4.78, 5) is 13.9. The number of H-pyrrole nitrogens is 1. The van der Waals surface area contributed by atoms with Crippen LogP contribution in [0.1, 0.15) is 69.0 Å². The van der Waals surface area contributed by atoms with Crippen LogP contribution >= 0.6 is 11.6 Å². The molecule has 0 spiro atoms. The van der Waals surface area contributed by atoms with Gasteiger partial charge in [0.05, 0.1) is 0 Å². The average molecular weight is 392 g/mol. The first-order valence-electron chi connectivity index (χ1n) is 9.63. The van der Waals surface area contributed by atoms with Gasteiger partial charge in [0, 0.05) is 10.4 Å². The smallest absolute Gasteiger partial charge is 0.392 e. The van der Waals surface area contributed by atoms with Crippen LogP contribution < -0.4 is 5.76 Å². The predicted molar refractivity (Wildman–Crippen MR) is 109 cm³/mol. The molecule has 1 aliphatic rings. The molecule has 6 heteroatoms. The van der Waals surface area contributed by atoms with Crippen molar-refractivity contribution in [2.24, 2.45) is 0 Å². The number of aromatic amines is 1.